The van der Waals surface area contributed by atoms with Crippen molar-refractivity contribution >= 4 is 34.1 Å². The van der Waals surface area contributed by atoms with Gasteiger partial charge in [0.15, 0.2) is 0 Å². The largest absolute Gasteiger partial charge is 0.311 e. The summed E-state index contributed by atoms with van der Waals surface area (Å²) in [4.78, 5) is 4.97. The lowest BCUT2D eigenvalue weighted by Gasteiger charge is -2.55. The Morgan fingerprint density at radius 1 is 0.362 bits per heavy atom. The second-order valence-corrected chi connectivity index (χ2v) is 15.1. The number of nitrogens with zero attached hydrogens (tertiary/aromatic N) is 2. The highest BCUT2D eigenvalue weighted by Gasteiger charge is 2.51. The van der Waals surface area contributed by atoms with E-state index in [1.165, 1.54) is 61.6 Å². The van der Waals surface area contributed by atoms with Crippen molar-refractivity contribution in [3.05, 3.63) is 167 Å². The van der Waals surface area contributed by atoms with Crippen LogP contribution in [-0.4, -0.2) is 0 Å². The topological polar surface area (TPSA) is 6.48 Å². The van der Waals surface area contributed by atoms with Crippen molar-refractivity contribution < 1.29 is 0 Å². The van der Waals surface area contributed by atoms with Crippen LogP contribution in [-0.2, 0) is 16.2 Å². The van der Waals surface area contributed by atoms with Crippen molar-refractivity contribution in [1.29, 1.82) is 0 Å². The molecule has 9 rings (SSSR count). The molecule has 0 aromatic heterocycles. The van der Waals surface area contributed by atoms with Crippen LogP contribution in [0.5, 0.6) is 0 Å². The van der Waals surface area contributed by atoms with Crippen LogP contribution in [0.2, 0.25) is 0 Å². The maximum absolute atomic E-state index is 2.65. The summed E-state index contributed by atoms with van der Waals surface area (Å²) in [7, 11) is 0. The molecule has 3 aliphatic rings. The highest BCUT2D eigenvalue weighted by atomic mass is 15.2. The molecule has 2 heteroatoms. The first kappa shape index (κ1) is 28.2. The molecule has 0 unspecified atom stereocenters. The standard InChI is InChI=1S/C45H40N2/c1-43(2)34-19-13-21-36-40(34)47-41-35(43)20-14-22-37(41)45(5,6)39-28-30(27-38(42(39)47)44(36,3)4)29-23-25-33(26-24-29)46(31-15-9-7-10-16-31)32-17-11-8-12-18-32/h7-28H,1-6H3. The third-order valence-corrected chi connectivity index (χ3v) is 11.4. The molecule has 0 bridgehead atoms. The molecule has 3 heterocycles. The van der Waals surface area contributed by atoms with Crippen LogP contribution in [0, 0.1) is 0 Å². The molecule has 0 spiro atoms. The van der Waals surface area contributed by atoms with Crippen molar-refractivity contribution in [2.24, 2.45) is 0 Å². The summed E-state index contributed by atoms with van der Waals surface area (Å²) < 4.78 is 0. The van der Waals surface area contributed by atoms with Crippen molar-refractivity contribution in [3.8, 4) is 11.1 Å². The third-order valence-electron chi connectivity index (χ3n) is 11.4. The summed E-state index contributed by atoms with van der Waals surface area (Å²) in [5, 5.41) is 0. The first-order chi connectivity index (χ1) is 22.6. The predicted octanol–water partition coefficient (Wildman–Crippen LogP) is 12.2. The molecular weight excluding hydrogens is 569 g/mol. The summed E-state index contributed by atoms with van der Waals surface area (Å²) in [6, 6.07) is 49.4. The Morgan fingerprint density at radius 2 is 0.723 bits per heavy atom. The Balaban J connectivity index is 1.24. The monoisotopic (exact) mass is 608 g/mol. The molecule has 0 amide bonds. The van der Waals surface area contributed by atoms with E-state index in [0.717, 1.165) is 17.1 Å². The van der Waals surface area contributed by atoms with Crippen molar-refractivity contribution in [3.63, 3.8) is 0 Å². The van der Waals surface area contributed by atoms with Gasteiger partial charge in [-0.3, -0.25) is 0 Å². The van der Waals surface area contributed by atoms with Gasteiger partial charge in [-0.25, -0.2) is 0 Å². The molecular formula is C45H40N2. The zero-order chi connectivity index (χ0) is 32.3. The molecule has 3 aliphatic heterocycles. The minimum absolute atomic E-state index is 0.0799. The minimum atomic E-state index is -0.157. The predicted molar refractivity (Wildman–Crippen MR) is 198 cm³/mol. The number of hydrogen-bond acceptors (Lipinski definition) is 2. The van der Waals surface area contributed by atoms with Gasteiger partial charge in [0, 0.05) is 33.3 Å². The third kappa shape index (κ3) is 3.73. The molecule has 0 saturated heterocycles. The summed E-state index contributed by atoms with van der Waals surface area (Å²) in [5.41, 5.74) is 18.2. The Hall–Kier alpha value is -5.08. The molecule has 0 fully saturated rings. The highest BCUT2D eigenvalue weighted by molar-refractivity contribution is 5.99. The van der Waals surface area contributed by atoms with E-state index < -0.39 is 0 Å². The Bertz CT molecular complexity index is 2080. The van der Waals surface area contributed by atoms with Gasteiger partial charge in [-0.1, -0.05) is 126 Å². The fraction of sp³-hybridized carbons (Fsp3) is 0.200. The summed E-state index contributed by atoms with van der Waals surface area (Å²) in [6.45, 7) is 14.5. The Kier molecular flexibility index (Phi) is 5.68. The molecule has 2 nitrogen and oxygen atoms in total. The summed E-state index contributed by atoms with van der Waals surface area (Å²) in [5.74, 6) is 0. The molecule has 0 aliphatic carbocycles. The Morgan fingerprint density at radius 3 is 1.15 bits per heavy atom. The second kappa shape index (κ2) is 9.48. The molecule has 6 aromatic carbocycles. The zero-order valence-corrected chi connectivity index (χ0v) is 28.1. The van der Waals surface area contributed by atoms with Gasteiger partial charge in [0.25, 0.3) is 0 Å². The van der Waals surface area contributed by atoms with Crippen LogP contribution < -0.4 is 9.80 Å². The average molecular weight is 609 g/mol. The van der Waals surface area contributed by atoms with Crippen molar-refractivity contribution in [2.75, 3.05) is 9.80 Å². The van der Waals surface area contributed by atoms with Crippen LogP contribution in [0.4, 0.5) is 34.1 Å². The number of anilines is 6. The van der Waals surface area contributed by atoms with Gasteiger partial charge in [0.2, 0.25) is 0 Å². The lowest BCUT2D eigenvalue weighted by molar-refractivity contribution is 0.567. The van der Waals surface area contributed by atoms with Gasteiger partial charge in [-0.2, -0.15) is 0 Å². The molecule has 47 heavy (non-hydrogen) atoms. The minimum Gasteiger partial charge on any atom is -0.311 e. The number of para-hydroxylation sites is 4. The van der Waals surface area contributed by atoms with Gasteiger partial charge in [0.05, 0.1) is 17.1 Å². The lowest BCUT2D eigenvalue weighted by atomic mass is 9.60. The fourth-order valence-electron chi connectivity index (χ4n) is 8.76. The molecule has 230 valence electrons. The fourth-order valence-corrected chi connectivity index (χ4v) is 8.76. The summed E-state index contributed by atoms with van der Waals surface area (Å²) in [6.07, 6.45) is 0. The second-order valence-electron chi connectivity index (χ2n) is 15.1. The van der Waals surface area contributed by atoms with Crippen LogP contribution in [0.25, 0.3) is 11.1 Å². The number of rotatable bonds is 4. The normalized spacial score (nSPS) is 16.8. The van der Waals surface area contributed by atoms with E-state index in [4.69, 9.17) is 0 Å². The number of benzene rings is 6. The maximum Gasteiger partial charge on any atom is 0.0544 e. The van der Waals surface area contributed by atoms with Crippen LogP contribution in [0.3, 0.4) is 0 Å². The van der Waals surface area contributed by atoms with Crippen LogP contribution in [0.1, 0.15) is 74.9 Å². The van der Waals surface area contributed by atoms with Crippen molar-refractivity contribution in [1.82, 2.24) is 0 Å². The maximum atomic E-state index is 2.65. The van der Waals surface area contributed by atoms with Gasteiger partial charge in [0.1, 0.15) is 0 Å². The van der Waals surface area contributed by atoms with Gasteiger partial charge in [-0.05, 0) is 93.0 Å². The van der Waals surface area contributed by atoms with Gasteiger partial charge in [-0.15, -0.1) is 0 Å². The quantitative estimate of drug-likeness (QED) is 0.196. The number of hydrogen-bond donors (Lipinski definition) is 0. The van der Waals surface area contributed by atoms with E-state index in [1.54, 1.807) is 0 Å². The molecule has 0 saturated carbocycles. The van der Waals surface area contributed by atoms with Gasteiger partial charge >= 0.3 is 0 Å². The first-order valence-corrected chi connectivity index (χ1v) is 16.9. The summed E-state index contributed by atoms with van der Waals surface area (Å²) >= 11 is 0. The SMILES string of the molecule is CC1(C)c2cccc3c2N2c4c1cccc4C(C)(C)c1cc(-c4ccc(N(c5ccccc5)c5ccccc5)cc4)cc(c12)C3(C)C. The van der Waals surface area contributed by atoms with Crippen molar-refractivity contribution in [2.45, 2.75) is 57.8 Å². The lowest BCUT2D eigenvalue weighted by Crippen LogP contribution is -2.43. The highest BCUT2D eigenvalue weighted by Crippen LogP contribution is 2.66. The Labute approximate surface area is 279 Å². The molecule has 0 N–H and O–H groups in total. The van der Waals surface area contributed by atoms with E-state index in [1.807, 2.05) is 0 Å². The van der Waals surface area contributed by atoms with E-state index in [9.17, 15) is 0 Å². The van der Waals surface area contributed by atoms with Crippen LogP contribution >= 0.6 is 0 Å². The molecule has 0 radical (unpaired) electrons. The van der Waals surface area contributed by atoms with Gasteiger partial charge < -0.3 is 9.80 Å². The van der Waals surface area contributed by atoms with E-state index >= 15 is 0 Å². The molecule has 0 atom stereocenters. The van der Waals surface area contributed by atoms with E-state index in [0.29, 0.717) is 0 Å². The smallest absolute Gasteiger partial charge is 0.0544 e. The molecule has 6 aromatic rings. The van der Waals surface area contributed by atoms with E-state index in [-0.39, 0.29) is 16.2 Å². The van der Waals surface area contributed by atoms with Crippen LogP contribution in [0.15, 0.2) is 133 Å². The van der Waals surface area contributed by atoms with E-state index in [2.05, 4.69) is 185 Å². The zero-order valence-electron chi connectivity index (χ0n) is 28.1. The average Bonchev–Trinajstić information content (AvgIpc) is 3.08. The first-order valence-electron chi connectivity index (χ1n) is 16.9.